The fourth-order valence-corrected chi connectivity index (χ4v) is 6.63. The van der Waals surface area contributed by atoms with Crippen LogP contribution in [0.1, 0.15) is 35.1 Å². The summed E-state index contributed by atoms with van der Waals surface area (Å²) < 4.78 is 16.2. The number of nitrogens with zero attached hydrogens (tertiary/aromatic N) is 4. The van der Waals surface area contributed by atoms with E-state index in [0.29, 0.717) is 0 Å². The summed E-state index contributed by atoms with van der Waals surface area (Å²) >= 11 is 0. The Balaban J connectivity index is 1.07. The summed E-state index contributed by atoms with van der Waals surface area (Å²) in [7, 11) is 0. The second-order valence-electron chi connectivity index (χ2n) is 13.9. The van der Waals surface area contributed by atoms with E-state index in [1.165, 1.54) is 4.90 Å². The van der Waals surface area contributed by atoms with Crippen molar-refractivity contribution in [3.8, 4) is 0 Å². The van der Waals surface area contributed by atoms with Crippen molar-refractivity contribution in [1.29, 1.82) is 0 Å². The zero-order chi connectivity index (χ0) is 41.4. The zero-order valence-corrected chi connectivity index (χ0v) is 32.4. The summed E-state index contributed by atoms with van der Waals surface area (Å²) in [5.74, 6) is -2.44. The third-order valence-electron chi connectivity index (χ3n) is 9.80. The molecule has 2 aliphatic heterocycles. The van der Waals surface area contributed by atoms with Crippen LogP contribution < -0.4 is 10.6 Å². The van der Waals surface area contributed by atoms with E-state index >= 15 is 0 Å². The number of ether oxygens (including phenoxy) is 3. The fourth-order valence-electron chi connectivity index (χ4n) is 6.63. The number of nitrogens with one attached hydrogen (secondary N) is 2. The monoisotopic (exact) mass is 802 g/mol. The Labute approximate surface area is 341 Å². The molecule has 2 atom stereocenters. The third-order valence-corrected chi connectivity index (χ3v) is 9.80. The van der Waals surface area contributed by atoms with Crippen LogP contribution in [0.2, 0.25) is 0 Å². The van der Waals surface area contributed by atoms with Gasteiger partial charge in [-0.05, 0) is 35.1 Å². The maximum absolute atomic E-state index is 13.8. The molecule has 4 aromatic rings. The maximum Gasteiger partial charge on any atom is 0.414 e. The van der Waals surface area contributed by atoms with E-state index in [2.05, 4.69) is 15.6 Å². The van der Waals surface area contributed by atoms with Crippen LogP contribution in [-0.2, 0) is 54.8 Å². The van der Waals surface area contributed by atoms with Gasteiger partial charge < -0.3 is 24.0 Å². The van der Waals surface area contributed by atoms with Crippen molar-refractivity contribution in [3.05, 3.63) is 144 Å². The molecule has 2 fully saturated rings. The van der Waals surface area contributed by atoms with Gasteiger partial charge in [0.1, 0.15) is 19.8 Å². The smallest absolute Gasteiger partial charge is 0.414 e. The number of hydrogen-bond donors (Lipinski definition) is 2. The number of guanidine groups is 1. The van der Waals surface area contributed by atoms with Crippen LogP contribution in [0, 0.1) is 5.92 Å². The molecule has 4 aromatic carbocycles. The Hall–Kier alpha value is -7.03. The number of piperazine rings is 1. The van der Waals surface area contributed by atoms with Crippen LogP contribution >= 0.6 is 0 Å². The number of carbonyl (C=O) groups is 6. The molecule has 306 valence electrons. The number of likely N-dealkylation sites (tertiary alicyclic amines) is 1. The first kappa shape index (κ1) is 41.6. The number of aliphatic imine (C=N–C) groups is 1. The van der Waals surface area contributed by atoms with Crippen LogP contribution in [0.4, 0.5) is 14.4 Å². The summed E-state index contributed by atoms with van der Waals surface area (Å²) in [6, 6.07) is 34.7. The first-order chi connectivity index (χ1) is 28.7. The predicted octanol–water partition coefficient (Wildman–Crippen LogP) is 5.05. The minimum atomic E-state index is -1.18. The first-order valence-corrected chi connectivity index (χ1v) is 19.4. The van der Waals surface area contributed by atoms with Gasteiger partial charge in [0, 0.05) is 32.7 Å². The Kier molecular flexibility index (Phi) is 14.8. The van der Waals surface area contributed by atoms with Crippen LogP contribution in [-0.4, -0.2) is 95.4 Å². The molecule has 2 aliphatic rings. The lowest BCUT2D eigenvalue weighted by atomic mass is 9.83. The second kappa shape index (κ2) is 20.9. The molecule has 0 aliphatic carbocycles. The Morgan fingerprint density at radius 2 is 1.03 bits per heavy atom. The molecule has 0 spiro atoms. The summed E-state index contributed by atoms with van der Waals surface area (Å²) in [6.45, 7) is 0.866. The standard InChI is InChI=1S/C44H46N6O9/c51-37(28-32-14-5-1-6-15-32)48-24-26-49(27-25-48)44(56)50-38(40(53)57-29-33-16-7-2-8-17-33)36(39(50)52)22-13-23-45-41(46-42(54)58-30-34-18-9-3-10-19-34)47-43(55)59-31-35-20-11-4-12-21-35/h1-12,14-21,36,38H,13,22-31H2,(H2,45,46,47,54,55). The molecule has 2 heterocycles. The van der Waals surface area contributed by atoms with E-state index in [1.807, 2.05) is 84.9 Å². The van der Waals surface area contributed by atoms with Gasteiger partial charge in [0.2, 0.25) is 17.8 Å². The largest absolute Gasteiger partial charge is 0.459 e. The molecule has 2 saturated heterocycles. The van der Waals surface area contributed by atoms with Gasteiger partial charge in [-0.2, -0.15) is 0 Å². The quantitative estimate of drug-likeness (QED) is 0.0468. The lowest BCUT2D eigenvalue weighted by Gasteiger charge is -2.46. The number of alkyl carbamates (subject to hydrolysis) is 2. The van der Waals surface area contributed by atoms with Crippen molar-refractivity contribution in [2.75, 3.05) is 32.7 Å². The average Bonchev–Trinajstić information content (AvgIpc) is 3.27. The normalized spacial score (nSPS) is 15.9. The molecule has 0 aromatic heterocycles. The molecule has 6 amide bonds. The molecular weight excluding hydrogens is 757 g/mol. The van der Waals surface area contributed by atoms with Gasteiger partial charge in [0.15, 0.2) is 6.04 Å². The van der Waals surface area contributed by atoms with E-state index in [-0.39, 0.29) is 83.7 Å². The lowest BCUT2D eigenvalue weighted by Crippen LogP contribution is -2.69. The molecule has 0 bridgehead atoms. The Bertz CT molecular complexity index is 2020. The van der Waals surface area contributed by atoms with Crippen LogP contribution in [0.3, 0.4) is 0 Å². The molecular formula is C44H46N6O9. The van der Waals surface area contributed by atoms with Gasteiger partial charge >= 0.3 is 24.2 Å². The maximum atomic E-state index is 13.8. The van der Waals surface area contributed by atoms with Gasteiger partial charge in [0.25, 0.3) is 0 Å². The van der Waals surface area contributed by atoms with E-state index < -0.39 is 42.1 Å². The Morgan fingerprint density at radius 3 is 1.53 bits per heavy atom. The number of esters is 1. The average molecular weight is 803 g/mol. The van der Waals surface area contributed by atoms with E-state index in [0.717, 1.165) is 27.2 Å². The highest BCUT2D eigenvalue weighted by Crippen LogP contribution is 2.33. The minimum Gasteiger partial charge on any atom is -0.459 e. The molecule has 6 rings (SSSR count). The number of carbonyl (C=O) groups excluding carboxylic acids is 6. The summed E-state index contributed by atoms with van der Waals surface area (Å²) in [6.07, 6.45) is -1.13. The van der Waals surface area contributed by atoms with Crippen molar-refractivity contribution in [1.82, 2.24) is 25.3 Å². The van der Waals surface area contributed by atoms with Gasteiger partial charge in [-0.15, -0.1) is 0 Å². The number of hydrogen-bond acceptors (Lipinski definition) is 10. The number of β-lactam (4-membered cyclic amide) rings is 1. The van der Waals surface area contributed by atoms with Crippen molar-refractivity contribution < 1.29 is 43.0 Å². The molecule has 15 nitrogen and oxygen atoms in total. The molecule has 0 radical (unpaired) electrons. The number of imide groups is 1. The van der Waals surface area contributed by atoms with Crippen molar-refractivity contribution in [3.63, 3.8) is 0 Å². The van der Waals surface area contributed by atoms with Gasteiger partial charge in [-0.3, -0.25) is 25.2 Å². The van der Waals surface area contributed by atoms with Crippen LogP contribution in [0.15, 0.2) is 126 Å². The number of amides is 6. The molecule has 0 saturated carbocycles. The van der Waals surface area contributed by atoms with Crippen LogP contribution in [0.25, 0.3) is 0 Å². The topological polar surface area (TPSA) is 176 Å². The lowest BCUT2D eigenvalue weighted by molar-refractivity contribution is -0.171. The molecule has 59 heavy (non-hydrogen) atoms. The van der Waals surface area contributed by atoms with Gasteiger partial charge in [-0.1, -0.05) is 121 Å². The summed E-state index contributed by atoms with van der Waals surface area (Å²) in [5, 5.41) is 4.87. The van der Waals surface area contributed by atoms with Gasteiger partial charge in [-0.25, -0.2) is 24.1 Å². The summed E-state index contributed by atoms with van der Waals surface area (Å²) in [5.41, 5.74) is 3.13. The highest BCUT2D eigenvalue weighted by atomic mass is 16.6. The SMILES string of the molecule is O=C(NC(=NCCCC1C(=O)N(C(=O)N2CCN(C(=O)Cc3ccccc3)CC2)C1C(=O)OCc1ccccc1)NC(=O)OCc1ccccc1)OCc1ccccc1. The number of rotatable bonds is 13. The molecule has 2 N–H and O–H groups in total. The highest BCUT2D eigenvalue weighted by Gasteiger charge is 2.56. The van der Waals surface area contributed by atoms with Crippen molar-refractivity contribution >= 4 is 42.0 Å². The fraction of sp³-hybridized carbons (Fsp3) is 0.295. The molecule has 15 heteroatoms. The van der Waals surface area contributed by atoms with E-state index in [4.69, 9.17) is 14.2 Å². The van der Waals surface area contributed by atoms with E-state index in [1.54, 1.807) is 41.3 Å². The van der Waals surface area contributed by atoms with Crippen molar-refractivity contribution in [2.24, 2.45) is 10.9 Å². The third kappa shape index (κ3) is 12.0. The predicted molar refractivity (Wildman–Crippen MR) is 215 cm³/mol. The van der Waals surface area contributed by atoms with Gasteiger partial charge in [0.05, 0.1) is 12.3 Å². The molecule has 2 unspecified atom stereocenters. The number of urea groups is 1. The zero-order valence-electron chi connectivity index (χ0n) is 32.4. The van der Waals surface area contributed by atoms with E-state index in [9.17, 15) is 28.8 Å². The first-order valence-electron chi connectivity index (χ1n) is 19.4. The van der Waals surface area contributed by atoms with Crippen LogP contribution in [0.5, 0.6) is 0 Å². The van der Waals surface area contributed by atoms with Crippen molar-refractivity contribution in [2.45, 2.75) is 45.1 Å². The highest BCUT2D eigenvalue weighted by molar-refractivity contribution is 6.08. The minimum absolute atomic E-state index is 0.00967. The Morgan fingerprint density at radius 1 is 0.593 bits per heavy atom. The summed E-state index contributed by atoms with van der Waals surface area (Å²) in [4.78, 5) is 87.8. The number of benzene rings is 4. The second-order valence-corrected chi connectivity index (χ2v) is 13.9.